The summed E-state index contributed by atoms with van der Waals surface area (Å²) in [6.45, 7) is 6.14. The molecule has 1 aliphatic heterocycles. The highest BCUT2D eigenvalue weighted by Gasteiger charge is 2.49. The maximum atomic E-state index is 13.0. The molecule has 1 heterocycles. The van der Waals surface area contributed by atoms with Gasteiger partial charge in [-0.1, -0.05) is 24.3 Å². The average Bonchev–Trinajstić information content (AvgIpc) is 2.64. The van der Waals surface area contributed by atoms with E-state index in [2.05, 4.69) is 22.2 Å². The van der Waals surface area contributed by atoms with Crippen LogP contribution in [0, 0.1) is 0 Å². The van der Waals surface area contributed by atoms with Crippen LogP contribution < -0.4 is 8.92 Å². The SMILES string of the molecule is CN1CCc2cccc3c2[C@H]1Cc1ccc(OS(=O)(=O)C(F)(F)F)c(OC(C)(C)C)c1-3. The average molecular weight is 455 g/mol. The Kier molecular flexibility index (Phi) is 5.05. The van der Waals surface area contributed by atoms with E-state index in [1.165, 1.54) is 11.6 Å². The van der Waals surface area contributed by atoms with Crippen molar-refractivity contribution in [3.8, 4) is 22.6 Å². The Balaban J connectivity index is 1.95. The van der Waals surface area contributed by atoms with Crippen LogP contribution in [0.4, 0.5) is 13.2 Å². The first-order valence-electron chi connectivity index (χ1n) is 9.96. The summed E-state index contributed by atoms with van der Waals surface area (Å²) < 4.78 is 73.1. The lowest BCUT2D eigenvalue weighted by Crippen LogP contribution is -2.36. The van der Waals surface area contributed by atoms with Crippen LogP contribution in [0.3, 0.4) is 0 Å². The molecular weight excluding hydrogens is 431 g/mol. The number of rotatable bonds is 3. The molecule has 5 nitrogen and oxygen atoms in total. The molecule has 0 spiro atoms. The molecule has 0 saturated heterocycles. The minimum Gasteiger partial charge on any atom is -0.484 e. The van der Waals surface area contributed by atoms with E-state index in [1.807, 2.05) is 12.1 Å². The third-order valence-corrected chi connectivity index (χ3v) is 6.54. The summed E-state index contributed by atoms with van der Waals surface area (Å²) in [5, 5.41) is 0. The standard InChI is InChI=1S/C22H24F3NO4S/c1-21(2,3)29-20-17(30-31(27,28)22(23,24)25)9-8-14-12-16-18-13(10-11-26(16)4)6-5-7-15(18)19(14)20/h5-9,16H,10-12H2,1-4H3/t16-/m1/s1. The van der Waals surface area contributed by atoms with Crippen molar-refractivity contribution in [3.63, 3.8) is 0 Å². The van der Waals surface area contributed by atoms with E-state index in [9.17, 15) is 21.6 Å². The lowest BCUT2D eigenvalue weighted by Gasteiger charge is -2.40. The van der Waals surface area contributed by atoms with Gasteiger partial charge in [0.05, 0.1) is 0 Å². The summed E-state index contributed by atoms with van der Waals surface area (Å²) in [7, 11) is -3.79. The highest BCUT2D eigenvalue weighted by atomic mass is 32.2. The molecule has 2 aromatic carbocycles. The third-order valence-electron chi connectivity index (χ3n) is 5.58. The Morgan fingerprint density at radius 2 is 1.77 bits per heavy atom. The molecule has 4 rings (SSSR count). The summed E-state index contributed by atoms with van der Waals surface area (Å²) in [6.07, 6.45) is 1.50. The molecule has 0 saturated carbocycles. The predicted octanol–water partition coefficient (Wildman–Crippen LogP) is 4.84. The number of alkyl halides is 3. The number of nitrogens with zero attached hydrogens (tertiary/aromatic N) is 1. The monoisotopic (exact) mass is 455 g/mol. The largest absolute Gasteiger partial charge is 0.534 e. The predicted molar refractivity (Wildman–Crippen MR) is 111 cm³/mol. The normalized spacial score (nSPS) is 18.9. The van der Waals surface area contributed by atoms with Crippen molar-refractivity contribution in [2.24, 2.45) is 0 Å². The molecule has 1 atom stereocenters. The molecule has 0 N–H and O–H groups in total. The molecule has 0 unspecified atom stereocenters. The first-order chi connectivity index (χ1) is 14.3. The second-order valence-electron chi connectivity index (χ2n) is 8.95. The zero-order valence-corrected chi connectivity index (χ0v) is 18.5. The minimum atomic E-state index is -5.84. The number of hydrogen-bond donors (Lipinski definition) is 0. The van der Waals surface area contributed by atoms with Gasteiger partial charge in [-0.2, -0.15) is 21.6 Å². The second kappa shape index (κ2) is 7.13. The summed E-state index contributed by atoms with van der Waals surface area (Å²) in [5.41, 5.74) is -1.74. The van der Waals surface area contributed by atoms with Crippen molar-refractivity contribution in [2.75, 3.05) is 13.6 Å². The molecule has 2 aliphatic rings. The quantitative estimate of drug-likeness (QED) is 0.490. The van der Waals surface area contributed by atoms with Crippen LogP contribution >= 0.6 is 0 Å². The topological polar surface area (TPSA) is 55.8 Å². The van der Waals surface area contributed by atoms with Gasteiger partial charge in [0.1, 0.15) is 5.60 Å². The lowest BCUT2D eigenvalue weighted by molar-refractivity contribution is -0.0501. The number of hydrogen-bond acceptors (Lipinski definition) is 5. The van der Waals surface area contributed by atoms with Crippen LogP contribution in [0.25, 0.3) is 11.1 Å². The van der Waals surface area contributed by atoms with Crippen LogP contribution in [0.15, 0.2) is 30.3 Å². The van der Waals surface area contributed by atoms with E-state index < -0.39 is 27.0 Å². The first kappa shape index (κ1) is 22.0. The minimum absolute atomic E-state index is 0.0119. The summed E-state index contributed by atoms with van der Waals surface area (Å²) >= 11 is 0. The Bertz CT molecular complexity index is 1140. The van der Waals surface area contributed by atoms with Crippen LogP contribution in [-0.4, -0.2) is 38.0 Å². The highest BCUT2D eigenvalue weighted by Crippen LogP contribution is 2.52. The number of benzene rings is 2. The number of ether oxygens (including phenoxy) is 1. The molecule has 1 aliphatic carbocycles. The zero-order valence-electron chi connectivity index (χ0n) is 17.7. The maximum absolute atomic E-state index is 13.0. The molecule has 31 heavy (non-hydrogen) atoms. The van der Waals surface area contributed by atoms with Gasteiger partial charge in [-0.25, -0.2) is 0 Å². The molecule has 0 amide bonds. The molecule has 9 heteroatoms. The summed E-state index contributed by atoms with van der Waals surface area (Å²) in [5.74, 6) is -0.455. The van der Waals surface area contributed by atoms with Crippen LogP contribution in [0.5, 0.6) is 11.5 Å². The van der Waals surface area contributed by atoms with Gasteiger partial charge < -0.3 is 8.92 Å². The van der Waals surface area contributed by atoms with Gasteiger partial charge in [-0.05, 0) is 69.0 Å². The van der Waals surface area contributed by atoms with Gasteiger partial charge in [0, 0.05) is 18.2 Å². The van der Waals surface area contributed by atoms with E-state index in [4.69, 9.17) is 4.74 Å². The van der Waals surface area contributed by atoms with Crippen molar-refractivity contribution in [2.45, 2.75) is 50.8 Å². The van der Waals surface area contributed by atoms with Gasteiger partial charge in [-0.3, -0.25) is 4.90 Å². The second-order valence-corrected chi connectivity index (χ2v) is 10.5. The Hall–Kier alpha value is -2.26. The molecule has 0 aromatic heterocycles. The molecule has 0 fully saturated rings. The van der Waals surface area contributed by atoms with Crippen LogP contribution in [-0.2, 0) is 23.0 Å². The van der Waals surface area contributed by atoms with E-state index in [1.54, 1.807) is 26.8 Å². The van der Waals surface area contributed by atoms with E-state index >= 15 is 0 Å². The van der Waals surface area contributed by atoms with Gasteiger partial charge in [0.15, 0.2) is 11.5 Å². The molecule has 0 radical (unpaired) electrons. The molecule has 168 valence electrons. The summed E-state index contributed by atoms with van der Waals surface area (Å²) in [4.78, 5) is 2.26. The Morgan fingerprint density at radius 3 is 2.42 bits per heavy atom. The van der Waals surface area contributed by atoms with Crippen molar-refractivity contribution in [1.82, 2.24) is 4.90 Å². The third kappa shape index (κ3) is 3.89. The zero-order chi connectivity index (χ0) is 22.8. The fraction of sp³-hybridized carbons (Fsp3) is 0.455. The van der Waals surface area contributed by atoms with Crippen LogP contribution in [0.1, 0.15) is 43.5 Å². The van der Waals surface area contributed by atoms with Gasteiger partial charge in [0.2, 0.25) is 0 Å². The highest BCUT2D eigenvalue weighted by molar-refractivity contribution is 7.88. The van der Waals surface area contributed by atoms with Crippen molar-refractivity contribution >= 4 is 10.1 Å². The fourth-order valence-electron chi connectivity index (χ4n) is 4.29. The molecule has 2 aromatic rings. The Labute approximate surface area is 179 Å². The Morgan fingerprint density at radius 1 is 1.06 bits per heavy atom. The lowest BCUT2D eigenvalue weighted by atomic mass is 9.77. The first-order valence-corrected chi connectivity index (χ1v) is 11.4. The van der Waals surface area contributed by atoms with Crippen molar-refractivity contribution in [1.29, 1.82) is 0 Å². The van der Waals surface area contributed by atoms with Crippen molar-refractivity contribution in [3.05, 3.63) is 47.0 Å². The van der Waals surface area contributed by atoms with Gasteiger partial charge in [-0.15, -0.1) is 0 Å². The van der Waals surface area contributed by atoms with E-state index in [0.717, 1.165) is 29.7 Å². The van der Waals surface area contributed by atoms with Gasteiger partial charge in [0.25, 0.3) is 0 Å². The number of halogens is 3. The molecule has 0 bridgehead atoms. The van der Waals surface area contributed by atoms with Crippen molar-refractivity contribution < 1.29 is 30.5 Å². The van der Waals surface area contributed by atoms with E-state index in [0.29, 0.717) is 12.0 Å². The fourth-order valence-corrected chi connectivity index (χ4v) is 4.75. The number of likely N-dealkylation sites (N-methyl/N-ethyl adjacent to an activating group) is 1. The van der Waals surface area contributed by atoms with Gasteiger partial charge >= 0.3 is 15.6 Å². The van der Waals surface area contributed by atoms with Crippen LogP contribution in [0.2, 0.25) is 0 Å². The summed E-state index contributed by atoms with van der Waals surface area (Å²) in [6, 6.07) is 8.89. The maximum Gasteiger partial charge on any atom is 0.534 e. The number of fused-ring (bicyclic) bond motifs is 2. The van der Waals surface area contributed by atoms with E-state index in [-0.39, 0.29) is 11.8 Å². The smallest absolute Gasteiger partial charge is 0.484 e. The molecular formula is C22H24F3NO4S.